The lowest BCUT2D eigenvalue weighted by Crippen LogP contribution is -2.63. The molecule has 0 bridgehead atoms. The fourth-order valence-corrected chi connectivity index (χ4v) is 3.18. The Labute approximate surface area is 156 Å². The zero-order valence-electron chi connectivity index (χ0n) is 15.0. The van der Waals surface area contributed by atoms with Crippen LogP contribution < -0.4 is 0 Å². The summed E-state index contributed by atoms with van der Waals surface area (Å²) in [6, 6.07) is 0. The quantitative estimate of drug-likeness (QED) is 0.241. The molecule has 11 nitrogen and oxygen atoms in total. The molecule has 0 spiro atoms. The van der Waals surface area contributed by atoms with Gasteiger partial charge in [-0.05, 0) is 0 Å². The maximum absolute atomic E-state index is 11.5. The maximum atomic E-state index is 11.5. The van der Waals surface area contributed by atoms with E-state index in [-0.39, 0.29) is 6.61 Å². The molecule has 1 rings (SSSR count). The molecule has 12 heteroatoms. The van der Waals surface area contributed by atoms with Crippen molar-refractivity contribution in [1.29, 1.82) is 0 Å². The standard InChI is InChI=1S/C15H22O11S/c1-5-6-22-15-14(25-10(4)18)13(24-9(3)17)12(23-8(2)16)11(26-15)7-27(19,20)21/h5,11-15H,1,6-7H2,2-4H3,(H,19,20,21)/t11-,12+,13+,14+,15-/m0/s1. The Balaban J connectivity index is 3.35. The van der Waals surface area contributed by atoms with Crippen molar-refractivity contribution in [3.05, 3.63) is 12.7 Å². The first-order chi connectivity index (χ1) is 12.4. The Morgan fingerprint density at radius 3 is 1.93 bits per heavy atom. The highest BCUT2D eigenvalue weighted by atomic mass is 32.2. The third-order valence-corrected chi connectivity index (χ3v) is 4.00. The number of esters is 3. The van der Waals surface area contributed by atoms with Crippen LogP contribution in [0.3, 0.4) is 0 Å². The third-order valence-electron chi connectivity index (χ3n) is 3.25. The molecule has 1 fully saturated rings. The minimum Gasteiger partial charge on any atom is -0.456 e. The van der Waals surface area contributed by atoms with Crippen molar-refractivity contribution in [2.75, 3.05) is 12.4 Å². The van der Waals surface area contributed by atoms with E-state index in [1.807, 2.05) is 0 Å². The summed E-state index contributed by atoms with van der Waals surface area (Å²) >= 11 is 0. The van der Waals surface area contributed by atoms with Crippen LogP contribution in [0, 0.1) is 0 Å². The predicted octanol–water partition coefficient (Wildman–Crippen LogP) is -0.403. The van der Waals surface area contributed by atoms with Crippen molar-refractivity contribution in [2.24, 2.45) is 0 Å². The van der Waals surface area contributed by atoms with E-state index < -0.39 is 64.5 Å². The topological polar surface area (TPSA) is 152 Å². The molecule has 1 heterocycles. The summed E-state index contributed by atoms with van der Waals surface area (Å²) < 4.78 is 57.9. The molecule has 0 aromatic heterocycles. The Kier molecular flexibility index (Phi) is 8.34. The largest absolute Gasteiger partial charge is 0.456 e. The van der Waals surface area contributed by atoms with Crippen LogP contribution in [0.5, 0.6) is 0 Å². The fraction of sp³-hybridized carbons (Fsp3) is 0.667. The zero-order chi connectivity index (χ0) is 20.8. The number of carbonyl (C=O) groups excluding carboxylic acids is 3. The lowest BCUT2D eigenvalue weighted by atomic mass is 9.98. The van der Waals surface area contributed by atoms with Crippen LogP contribution in [0.2, 0.25) is 0 Å². The average molecular weight is 410 g/mol. The molecule has 1 aliphatic heterocycles. The minimum absolute atomic E-state index is 0.0773. The number of hydrogen-bond acceptors (Lipinski definition) is 10. The van der Waals surface area contributed by atoms with Gasteiger partial charge in [0, 0.05) is 20.8 Å². The molecule has 1 N–H and O–H groups in total. The van der Waals surface area contributed by atoms with E-state index >= 15 is 0 Å². The van der Waals surface area contributed by atoms with E-state index in [0.717, 1.165) is 20.8 Å². The summed E-state index contributed by atoms with van der Waals surface area (Å²) in [5.41, 5.74) is 0. The summed E-state index contributed by atoms with van der Waals surface area (Å²) in [5, 5.41) is 0. The van der Waals surface area contributed by atoms with Crippen LogP contribution in [0.15, 0.2) is 12.7 Å². The molecule has 0 unspecified atom stereocenters. The first-order valence-electron chi connectivity index (χ1n) is 7.79. The second kappa shape index (κ2) is 9.78. The van der Waals surface area contributed by atoms with Gasteiger partial charge >= 0.3 is 17.9 Å². The van der Waals surface area contributed by atoms with Crippen molar-refractivity contribution < 1.29 is 51.0 Å². The first-order valence-corrected chi connectivity index (χ1v) is 9.40. The van der Waals surface area contributed by atoms with Crippen molar-refractivity contribution in [2.45, 2.75) is 51.5 Å². The van der Waals surface area contributed by atoms with Crippen LogP contribution in [-0.4, -0.2) is 73.9 Å². The molecule has 0 aliphatic carbocycles. The van der Waals surface area contributed by atoms with Crippen LogP contribution >= 0.6 is 0 Å². The molecule has 1 saturated heterocycles. The van der Waals surface area contributed by atoms with E-state index in [1.165, 1.54) is 6.08 Å². The molecule has 5 atom stereocenters. The maximum Gasteiger partial charge on any atom is 0.303 e. The van der Waals surface area contributed by atoms with E-state index in [2.05, 4.69) is 6.58 Å². The van der Waals surface area contributed by atoms with Gasteiger partial charge in [-0.1, -0.05) is 6.08 Å². The molecule has 0 radical (unpaired) electrons. The SMILES string of the molecule is C=CCO[C@H]1O[C@@H](CS(=O)(=O)O)[C@@H](OC(C)=O)[C@@H](OC(C)=O)[C@H]1OC(C)=O. The van der Waals surface area contributed by atoms with Gasteiger partial charge in [-0.2, -0.15) is 8.42 Å². The van der Waals surface area contributed by atoms with Gasteiger partial charge in [-0.15, -0.1) is 6.58 Å². The van der Waals surface area contributed by atoms with Crippen LogP contribution in [-0.2, 0) is 48.2 Å². The Morgan fingerprint density at radius 2 is 1.48 bits per heavy atom. The normalized spacial score (nSPS) is 28.1. The zero-order valence-corrected chi connectivity index (χ0v) is 15.8. The second-order valence-electron chi connectivity index (χ2n) is 5.64. The van der Waals surface area contributed by atoms with Gasteiger partial charge in [0.1, 0.15) is 11.9 Å². The molecular weight excluding hydrogens is 388 g/mol. The number of carbonyl (C=O) groups is 3. The number of hydrogen-bond donors (Lipinski definition) is 1. The van der Waals surface area contributed by atoms with Gasteiger partial charge in [0.05, 0.1) is 6.61 Å². The summed E-state index contributed by atoms with van der Waals surface area (Å²) in [7, 11) is -4.57. The Hall–Kier alpha value is -2.02. The molecule has 0 aromatic carbocycles. The van der Waals surface area contributed by atoms with Crippen molar-refractivity contribution >= 4 is 28.0 Å². The van der Waals surface area contributed by atoms with Gasteiger partial charge in [-0.25, -0.2) is 0 Å². The summed E-state index contributed by atoms with van der Waals surface area (Å²) in [6.07, 6.45) is -5.78. The highest BCUT2D eigenvalue weighted by Gasteiger charge is 2.53. The van der Waals surface area contributed by atoms with E-state index in [0.29, 0.717) is 0 Å². The lowest BCUT2D eigenvalue weighted by molar-refractivity contribution is -0.297. The molecule has 0 aromatic rings. The van der Waals surface area contributed by atoms with Gasteiger partial charge in [-0.3, -0.25) is 18.9 Å². The molecule has 1 aliphatic rings. The third kappa shape index (κ3) is 7.62. The second-order valence-corrected chi connectivity index (χ2v) is 7.13. The Bertz CT molecular complexity index is 671. The molecule has 154 valence electrons. The summed E-state index contributed by atoms with van der Waals surface area (Å²) in [5.74, 6) is -3.41. The van der Waals surface area contributed by atoms with Crippen LogP contribution in [0.1, 0.15) is 20.8 Å². The summed E-state index contributed by atoms with van der Waals surface area (Å²) in [6.45, 7) is 6.56. The minimum atomic E-state index is -4.57. The van der Waals surface area contributed by atoms with E-state index in [9.17, 15) is 22.8 Å². The molecule has 0 amide bonds. The fourth-order valence-electron chi connectivity index (χ4n) is 2.49. The van der Waals surface area contributed by atoms with Crippen molar-refractivity contribution in [1.82, 2.24) is 0 Å². The van der Waals surface area contributed by atoms with Gasteiger partial charge in [0.2, 0.25) is 0 Å². The first kappa shape index (κ1) is 23.0. The number of ether oxygens (including phenoxy) is 5. The van der Waals surface area contributed by atoms with E-state index in [4.69, 9.17) is 28.2 Å². The number of rotatable bonds is 8. The predicted molar refractivity (Wildman–Crippen MR) is 87.9 cm³/mol. The van der Waals surface area contributed by atoms with Gasteiger partial charge in [0.25, 0.3) is 10.1 Å². The lowest BCUT2D eigenvalue weighted by Gasteiger charge is -2.43. The smallest absolute Gasteiger partial charge is 0.303 e. The van der Waals surface area contributed by atoms with Crippen molar-refractivity contribution in [3.63, 3.8) is 0 Å². The highest BCUT2D eigenvalue weighted by molar-refractivity contribution is 7.85. The molecular formula is C15H22O11S. The van der Waals surface area contributed by atoms with Crippen molar-refractivity contribution in [3.8, 4) is 0 Å². The molecule has 27 heavy (non-hydrogen) atoms. The monoisotopic (exact) mass is 410 g/mol. The Morgan fingerprint density at radius 1 is 1.00 bits per heavy atom. The average Bonchev–Trinajstić information content (AvgIpc) is 2.48. The van der Waals surface area contributed by atoms with Crippen LogP contribution in [0.25, 0.3) is 0 Å². The van der Waals surface area contributed by atoms with E-state index in [1.54, 1.807) is 0 Å². The highest BCUT2D eigenvalue weighted by Crippen LogP contribution is 2.30. The summed E-state index contributed by atoms with van der Waals surface area (Å²) in [4.78, 5) is 34.4. The molecule has 0 saturated carbocycles. The van der Waals surface area contributed by atoms with Gasteiger partial charge in [0.15, 0.2) is 24.6 Å². The van der Waals surface area contributed by atoms with Gasteiger partial charge < -0.3 is 23.7 Å². The van der Waals surface area contributed by atoms with Crippen LogP contribution in [0.4, 0.5) is 0 Å².